The number of rotatable bonds is 23. The highest BCUT2D eigenvalue weighted by molar-refractivity contribution is 5.92. The average Bonchev–Trinajstić information content (AvgIpc) is 3.04. The molecule has 1 aromatic heterocycles. The third kappa shape index (κ3) is 10.1. The van der Waals surface area contributed by atoms with Gasteiger partial charge in [-0.1, -0.05) is 77.6 Å². The van der Waals surface area contributed by atoms with Crippen LogP contribution < -0.4 is 29.1 Å². The topological polar surface area (TPSA) is 68.2 Å². The van der Waals surface area contributed by atoms with E-state index in [2.05, 4.69) is 11.5 Å². The van der Waals surface area contributed by atoms with Crippen molar-refractivity contribution >= 4 is 10.9 Å². The summed E-state index contributed by atoms with van der Waals surface area (Å²) < 4.78 is 31.9. The summed E-state index contributed by atoms with van der Waals surface area (Å²) in [6.07, 6.45) is 15.3. The molecular weight excluding hydrogens is 566 g/mol. The molecule has 45 heavy (non-hydrogen) atoms. The monoisotopic (exact) mass is 623 g/mol. The van der Waals surface area contributed by atoms with Gasteiger partial charge in [0.2, 0.25) is 5.43 Å². The smallest absolute Gasteiger partial charge is 0.235 e. The Hall–Kier alpha value is -3.35. The summed E-state index contributed by atoms with van der Waals surface area (Å²) in [5.74, 6) is 2.79. The quantitative estimate of drug-likeness (QED) is 0.0980. The van der Waals surface area contributed by atoms with Gasteiger partial charge in [-0.25, -0.2) is 0 Å². The van der Waals surface area contributed by atoms with Crippen LogP contribution in [0.5, 0.6) is 28.7 Å². The summed E-state index contributed by atoms with van der Waals surface area (Å²) in [5.41, 5.74) is 2.15. The molecule has 7 nitrogen and oxygen atoms in total. The highest BCUT2D eigenvalue weighted by atomic mass is 16.5. The van der Waals surface area contributed by atoms with Gasteiger partial charge < -0.3 is 28.3 Å². The van der Waals surface area contributed by atoms with Gasteiger partial charge in [-0.05, 0) is 52.3 Å². The van der Waals surface area contributed by atoms with Crippen LogP contribution in [-0.4, -0.2) is 38.1 Å². The first-order valence-corrected chi connectivity index (χ1v) is 17.5. The van der Waals surface area contributed by atoms with Crippen LogP contribution in [0.25, 0.3) is 22.2 Å². The van der Waals surface area contributed by atoms with Gasteiger partial charge in [0.25, 0.3) is 0 Å². The number of hydrogen-bond donors (Lipinski definition) is 0. The van der Waals surface area contributed by atoms with Gasteiger partial charge in [0.05, 0.1) is 50.1 Å². The second kappa shape index (κ2) is 19.9. The van der Waals surface area contributed by atoms with E-state index in [9.17, 15) is 4.79 Å². The first-order chi connectivity index (χ1) is 22.0. The van der Waals surface area contributed by atoms with Crippen molar-refractivity contribution in [2.45, 2.75) is 118 Å². The molecule has 0 N–H and O–H groups in total. The van der Waals surface area contributed by atoms with Crippen LogP contribution in [0.3, 0.4) is 0 Å². The molecule has 0 fully saturated rings. The Morgan fingerprint density at radius 1 is 0.600 bits per heavy atom. The fourth-order valence-electron chi connectivity index (χ4n) is 6.00. The second-order valence-corrected chi connectivity index (χ2v) is 11.5. The van der Waals surface area contributed by atoms with Crippen LogP contribution in [0.15, 0.2) is 35.1 Å². The number of hydrogen-bond acceptors (Lipinski definition) is 6. The van der Waals surface area contributed by atoms with Crippen LogP contribution >= 0.6 is 0 Å². The molecule has 0 radical (unpaired) electrons. The minimum Gasteiger partial charge on any atom is -0.494 e. The summed E-state index contributed by atoms with van der Waals surface area (Å²) in [5, 5.41) is 0.518. The Kier molecular flexibility index (Phi) is 16.0. The van der Waals surface area contributed by atoms with E-state index in [0.717, 1.165) is 36.2 Å². The van der Waals surface area contributed by atoms with Gasteiger partial charge in [-0.3, -0.25) is 4.79 Å². The molecule has 0 aliphatic carbocycles. The maximum Gasteiger partial charge on any atom is 0.235 e. The molecule has 0 saturated carbocycles. The SMILES string of the molecule is CCCCCCCCCCCCCCn1c(-c2ccc(OCC)c(OC)c2)c(OCC)c(=O)c2c(OCC)cc(OCC)cc21. The predicted molar refractivity (Wildman–Crippen MR) is 186 cm³/mol. The number of fused-ring (bicyclic) bond motifs is 1. The van der Waals surface area contributed by atoms with Crippen LogP contribution in [0.1, 0.15) is 112 Å². The lowest BCUT2D eigenvalue weighted by Crippen LogP contribution is -2.18. The Bertz CT molecular complexity index is 1360. The van der Waals surface area contributed by atoms with Crippen molar-refractivity contribution < 1.29 is 23.7 Å². The standard InChI is InChI=1S/C38H57NO6/c1-7-12-13-14-15-16-17-18-19-20-21-22-25-39-31-27-30(42-8-2)28-34(44-10-4)35(31)37(40)38(45-11-5)36(39)29-23-24-32(43-9-3)33(26-29)41-6/h23-24,26-28H,7-22,25H2,1-6H3. The summed E-state index contributed by atoms with van der Waals surface area (Å²) in [6, 6.07) is 9.60. The fourth-order valence-corrected chi connectivity index (χ4v) is 6.00. The number of aromatic nitrogens is 1. The van der Waals surface area contributed by atoms with Crippen LogP contribution in [-0.2, 0) is 6.54 Å². The van der Waals surface area contributed by atoms with Gasteiger partial charge in [-0.15, -0.1) is 0 Å². The Morgan fingerprint density at radius 3 is 1.76 bits per heavy atom. The predicted octanol–water partition coefficient (Wildman–Crippen LogP) is 9.97. The Balaban J connectivity index is 1.99. The van der Waals surface area contributed by atoms with Gasteiger partial charge in [0, 0.05) is 24.2 Å². The number of methoxy groups -OCH3 is 1. The molecule has 3 rings (SSSR count). The molecule has 2 aromatic carbocycles. The lowest BCUT2D eigenvalue weighted by Gasteiger charge is -2.23. The van der Waals surface area contributed by atoms with Crippen molar-refractivity contribution in [1.82, 2.24) is 4.57 Å². The number of aryl methyl sites for hydroxylation is 1. The maximum atomic E-state index is 14.2. The molecule has 0 saturated heterocycles. The first kappa shape index (κ1) is 36.1. The molecule has 7 heteroatoms. The molecule has 0 aliphatic rings. The van der Waals surface area contributed by atoms with E-state index in [1.165, 1.54) is 64.2 Å². The average molecular weight is 624 g/mol. The number of nitrogens with zero attached hydrogens (tertiary/aromatic N) is 1. The zero-order valence-corrected chi connectivity index (χ0v) is 28.8. The fraction of sp³-hybridized carbons (Fsp3) is 0.605. The molecule has 1 heterocycles. The van der Waals surface area contributed by atoms with Crippen LogP contribution in [0, 0.1) is 0 Å². The van der Waals surface area contributed by atoms with Gasteiger partial charge in [0.1, 0.15) is 11.5 Å². The minimum atomic E-state index is -0.188. The normalized spacial score (nSPS) is 11.2. The highest BCUT2D eigenvalue weighted by Crippen LogP contribution is 2.40. The van der Waals surface area contributed by atoms with Gasteiger partial charge in [0.15, 0.2) is 17.2 Å². The van der Waals surface area contributed by atoms with Crippen molar-refractivity contribution in [3.8, 4) is 40.0 Å². The largest absolute Gasteiger partial charge is 0.494 e. The van der Waals surface area contributed by atoms with E-state index in [0.29, 0.717) is 60.6 Å². The number of pyridine rings is 1. The number of ether oxygens (including phenoxy) is 5. The molecule has 0 atom stereocenters. The van der Waals surface area contributed by atoms with Crippen molar-refractivity contribution in [3.05, 3.63) is 40.6 Å². The molecule has 0 bridgehead atoms. The zero-order chi connectivity index (χ0) is 32.4. The van der Waals surface area contributed by atoms with Crippen molar-refractivity contribution in [3.63, 3.8) is 0 Å². The number of benzene rings is 2. The molecular formula is C38H57NO6. The van der Waals surface area contributed by atoms with E-state index in [1.807, 2.05) is 58.0 Å². The van der Waals surface area contributed by atoms with Gasteiger partial charge >= 0.3 is 0 Å². The molecule has 0 unspecified atom stereocenters. The zero-order valence-electron chi connectivity index (χ0n) is 28.8. The summed E-state index contributed by atoms with van der Waals surface area (Å²) >= 11 is 0. The highest BCUT2D eigenvalue weighted by Gasteiger charge is 2.24. The Labute approximate surface area is 271 Å². The lowest BCUT2D eigenvalue weighted by molar-refractivity contribution is 0.311. The number of unbranched alkanes of at least 4 members (excludes halogenated alkanes) is 11. The van der Waals surface area contributed by atoms with Crippen molar-refractivity contribution in [2.75, 3.05) is 33.5 Å². The van der Waals surface area contributed by atoms with Crippen molar-refractivity contribution in [1.29, 1.82) is 0 Å². The van der Waals surface area contributed by atoms with E-state index in [1.54, 1.807) is 7.11 Å². The minimum absolute atomic E-state index is 0.188. The van der Waals surface area contributed by atoms with E-state index in [4.69, 9.17) is 23.7 Å². The molecule has 0 amide bonds. The first-order valence-electron chi connectivity index (χ1n) is 17.5. The van der Waals surface area contributed by atoms with E-state index in [-0.39, 0.29) is 5.43 Å². The molecule has 0 spiro atoms. The third-order valence-electron chi connectivity index (χ3n) is 8.14. The Morgan fingerprint density at radius 2 is 1.18 bits per heavy atom. The maximum absolute atomic E-state index is 14.2. The third-order valence-corrected chi connectivity index (χ3v) is 8.14. The summed E-state index contributed by atoms with van der Waals surface area (Å²) in [7, 11) is 1.63. The summed E-state index contributed by atoms with van der Waals surface area (Å²) in [4.78, 5) is 14.2. The van der Waals surface area contributed by atoms with E-state index >= 15 is 0 Å². The lowest BCUT2D eigenvalue weighted by atomic mass is 10.0. The van der Waals surface area contributed by atoms with E-state index < -0.39 is 0 Å². The molecule has 0 aliphatic heterocycles. The second-order valence-electron chi connectivity index (χ2n) is 11.5. The van der Waals surface area contributed by atoms with Gasteiger partial charge in [-0.2, -0.15) is 0 Å². The molecule has 3 aromatic rings. The molecule has 250 valence electrons. The van der Waals surface area contributed by atoms with Crippen LogP contribution in [0.2, 0.25) is 0 Å². The van der Waals surface area contributed by atoms with Crippen molar-refractivity contribution in [2.24, 2.45) is 0 Å². The summed E-state index contributed by atoms with van der Waals surface area (Å²) in [6.45, 7) is 12.6. The van der Waals surface area contributed by atoms with Crippen LogP contribution in [0.4, 0.5) is 0 Å².